The first-order valence-electron chi connectivity index (χ1n) is 12.9. The van der Waals surface area contributed by atoms with Crippen LogP contribution in [0, 0.1) is 5.92 Å². The number of aromatic nitrogens is 6. The van der Waals surface area contributed by atoms with Crippen LogP contribution in [-0.2, 0) is 19.5 Å². The van der Waals surface area contributed by atoms with Gasteiger partial charge in [0, 0.05) is 12.1 Å². The van der Waals surface area contributed by atoms with Gasteiger partial charge in [-0.05, 0) is 47.1 Å². The van der Waals surface area contributed by atoms with E-state index in [4.69, 9.17) is 0 Å². The van der Waals surface area contributed by atoms with Crippen LogP contribution in [0.2, 0.25) is 0 Å². The van der Waals surface area contributed by atoms with E-state index < -0.39 is 0 Å². The minimum Gasteiger partial charge on any atom is -0.296 e. The number of rotatable bonds is 9. The molecule has 0 unspecified atom stereocenters. The third-order valence-corrected chi connectivity index (χ3v) is 7.26. The normalized spacial score (nSPS) is 14.2. The summed E-state index contributed by atoms with van der Waals surface area (Å²) in [5.41, 5.74) is 5.29. The van der Waals surface area contributed by atoms with Crippen molar-refractivity contribution in [3.8, 4) is 22.5 Å². The fraction of sp³-hybridized carbons (Fsp3) is 0.393. The van der Waals surface area contributed by atoms with Crippen molar-refractivity contribution in [1.29, 1.82) is 0 Å². The van der Waals surface area contributed by atoms with E-state index in [9.17, 15) is 9.59 Å². The van der Waals surface area contributed by atoms with Crippen LogP contribution in [0.15, 0.2) is 53.3 Å². The van der Waals surface area contributed by atoms with E-state index >= 15 is 0 Å². The van der Waals surface area contributed by atoms with Crippen LogP contribution in [-0.4, -0.2) is 36.0 Å². The predicted molar refractivity (Wildman–Crippen MR) is 139 cm³/mol. The average molecular weight is 485 g/mol. The number of carbonyl (C=O) groups excluding carboxylic acids is 1. The molecule has 1 saturated carbocycles. The van der Waals surface area contributed by atoms with Gasteiger partial charge in [-0.1, -0.05) is 81.1 Å². The molecule has 8 nitrogen and oxygen atoms in total. The predicted octanol–water partition coefficient (Wildman–Crippen LogP) is 4.89. The Hall–Kier alpha value is -3.81. The summed E-state index contributed by atoms with van der Waals surface area (Å²) in [4.78, 5) is 25.7. The number of hydrogen-bond acceptors (Lipinski definition) is 5. The van der Waals surface area contributed by atoms with Gasteiger partial charge in [0.05, 0.1) is 12.2 Å². The molecule has 1 aliphatic carbocycles. The van der Waals surface area contributed by atoms with Crippen molar-refractivity contribution in [3.63, 3.8) is 0 Å². The minimum atomic E-state index is -0.0716. The highest BCUT2D eigenvalue weighted by Gasteiger charge is 2.23. The van der Waals surface area contributed by atoms with E-state index in [2.05, 4.69) is 39.7 Å². The van der Waals surface area contributed by atoms with E-state index in [0.717, 1.165) is 53.5 Å². The van der Waals surface area contributed by atoms with E-state index in [1.54, 1.807) is 9.13 Å². The molecule has 0 atom stereocenters. The zero-order valence-corrected chi connectivity index (χ0v) is 20.7. The van der Waals surface area contributed by atoms with Crippen molar-refractivity contribution in [1.82, 2.24) is 29.8 Å². The van der Waals surface area contributed by atoms with Crippen LogP contribution >= 0.6 is 0 Å². The Bertz CT molecular complexity index is 1360. The Kier molecular flexibility index (Phi) is 7.21. The van der Waals surface area contributed by atoms with Crippen molar-refractivity contribution < 1.29 is 4.79 Å². The number of hydrogen-bond donors (Lipinski definition) is 1. The molecule has 36 heavy (non-hydrogen) atoms. The summed E-state index contributed by atoms with van der Waals surface area (Å²) in [6.07, 6.45) is 8.41. The maximum Gasteiger partial charge on any atom is 0.329 e. The molecular weight excluding hydrogens is 452 g/mol. The first kappa shape index (κ1) is 23.9. The standard InChI is InChI=1S/C28H32N6O2/c1-2-8-25-26(19-35)34(17-20-9-4-3-5-10-20)28(36)33(25)18-21-13-15-22(16-14-21)23-11-6-7-12-24(23)27-29-31-32-30-27/h6-7,11-16,19-20H,2-5,8-10,17-18H2,1H3,(H,29,30,31,32). The molecule has 0 bridgehead atoms. The fourth-order valence-electron chi connectivity index (χ4n) is 5.44. The number of aromatic amines is 1. The molecule has 4 aromatic rings. The maximum absolute atomic E-state index is 13.5. The van der Waals surface area contributed by atoms with E-state index in [-0.39, 0.29) is 5.69 Å². The second-order valence-electron chi connectivity index (χ2n) is 9.66. The molecule has 0 spiro atoms. The quantitative estimate of drug-likeness (QED) is 0.341. The van der Waals surface area contributed by atoms with Crippen LogP contribution in [0.3, 0.4) is 0 Å². The number of carbonyl (C=O) groups is 1. The lowest BCUT2D eigenvalue weighted by molar-refractivity contribution is 0.111. The zero-order chi connectivity index (χ0) is 24.9. The van der Waals surface area contributed by atoms with Gasteiger partial charge in [0.15, 0.2) is 6.29 Å². The largest absolute Gasteiger partial charge is 0.329 e. The molecular formula is C28H32N6O2. The molecule has 0 amide bonds. The molecule has 2 aromatic heterocycles. The number of nitrogens with one attached hydrogen (secondary N) is 1. The van der Waals surface area contributed by atoms with Crippen LogP contribution in [0.1, 0.15) is 67.2 Å². The van der Waals surface area contributed by atoms with Crippen molar-refractivity contribution >= 4 is 6.29 Å². The number of aldehydes is 1. The van der Waals surface area contributed by atoms with Gasteiger partial charge in [-0.15, -0.1) is 10.2 Å². The lowest BCUT2D eigenvalue weighted by Crippen LogP contribution is -2.29. The van der Waals surface area contributed by atoms with Crippen molar-refractivity contribution in [2.24, 2.45) is 5.92 Å². The number of tetrazole rings is 1. The first-order valence-corrected chi connectivity index (χ1v) is 12.9. The SMILES string of the molecule is CCCc1c(C=O)n(CC2CCCCC2)c(=O)n1Cc1ccc(-c2ccccc2-c2nn[nH]n2)cc1. The van der Waals surface area contributed by atoms with Crippen LogP contribution in [0.25, 0.3) is 22.5 Å². The highest BCUT2D eigenvalue weighted by atomic mass is 16.2. The molecule has 1 aliphatic rings. The molecule has 1 fully saturated rings. The van der Waals surface area contributed by atoms with Gasteiger partial charge < -0.3 is 0 Å². The molecule has 1 N–H and O–H groups in total. The van der Waals surface area contributed by atoms with E-state index in [0.29, 0.717) is 36.9 Å². The van der Waals surface area contributed by atoms with Gasteiger partial charge in [-0.2, -0.15) is 5.21 Å². The van der Waals surface area contributed by atoms with Crippen LogP contribution in [0.4, 0.5) is 0 Å². The Labute approximate surface area is 210 Å². The van der Waals surface area contributed by atoms with Gasteiger partial charge in [0.1, 0.15) is 5.69 Å². The lowest BCUT2D eigenvalue weighted by atomic mass is 9.89. The van der Waals surface area contributed by atoms with E-state index in [1.165, 1.54) is 19.3 Å². The van der Waals surface area contributed by atoms with E-state index in [1.807, 2.05) is 36.4 Å². The molecule has 0 saturated heterocycles. The number of benzene rings is 2. The van der Waals surface area contributed by atoms with Gasteiger partial charge >= 0.3 is 5.69 Å². The molecule has 0 aliphatic heterocycles. The molecule has 186 valence electrons. The smallest absolute Gasteiger partial charge is 0.296 e. The average Bonchev–Trinajstić information content (AvgIpc) is 3.54. The van der Waals surface area contributed by atoms with Gasteiger partial charge in [-0.3, -0.25) is 13.9 Å². The molecule has 8 heteroatoms. The Balaban J connectivity index is 1.45. The zero-order valence-electron chi connectivity index (χ0n) is 20.7. The number of H-pyrrole nitrogens is 1. The second-order valence-corrected chi connectivity index (χ2v) is 9.66. The van der Waals surface area contributed by atoms with Crippen molar-refractivity contribution in [2.75, 3.05) is 0 Å². The van der Waals surface area contributed by atoms with Crippen LogP contribution < -0.4 is 5.69 Å². The fourth-order valence-corrected chi connectivity index (χ4v) is 5.44. The maximum atomic E-state index is 13.5. The van der Waals surface area contributed by atoms with Gasteiger partial charge in [-0.25, -0.2) is 4.79 Å². The lowest BCUT2D eigenvalue weighted by Gasteiger charge is -2.21. The minimum absolute atomic E-state index is 0.0716. The molecule has 2 heterocycles. The summed E-state index contributed by atoms with van der Waals surface area (Å²) >= 11 is 0. The summed E-state index contributed by atoms with van der Waals surface area (Å²) in [6, 6.07) is 16.1. The summed E-state index contributed by atoms with van der Waals surface area (Å²) in [7, 11) is 0. The summed E-state index contributed by atoms with van der Waals surface area (Å²) in [5.74, 6) is 1.02. The topological polar surface area (TPSA) is 98.5 Å². The Morgan fingerprint density at radius 3 is 2.42 bits per heavy atom. The molecule has 0 radical (unpaired) electrons. The molecule has 2 aromatic carbocycles. The highest BCUT2D eigenvalue weighted by molar-refractivity contribution is 5.80. The van der Waals surface area contributed by atoms with Crippen LogP contribution in [0.5, 0.6) is 0 Å². The van der Waals surface area contributed by atoms with Crippen molar-refractivity contribution in [3.05, 3.63) is 76.0 Å². The summed E-state index contributed by atoms with van der Waals surface area (Å²) in [5, 5.41) is 14.4. The van der Waals surface area contributed by atoms with Crippen molar-refractivity contribution in [2.45, 2.75) is 65.0 Å². The molecule has 5 rings (SSSR count). The summed E-state index contributed by atoms with van der Waals surface area (Å²) in [6.45, 7) is 3.17. The summed E-state index contributed by atoms with van der Waals surface area (Å²) < 4.78 is 3.54. The highest BCUT2D eigenvalue weighted by Crippen LogP contribution is 2.30. The number of imidazole rings is 1. The third kappa shape index (κ3) is 4.80. The van der Waals surface area contributed by atoms with Gasteiger partial charge in [0.25, 0.3) is 0 Å². The monoisotopic (exact) mass is 484 g/mol. The Morgan fingerprint density at radius 2 is 1.75 bits per heavy atom. The second kappa shape index (κ2) is 10.8. The first-order chi connectivity index (χ1) is 17.7. The number of nitrogens with zero attached hydrogens (tertiary/aromatic N) is 5. The Morgan fingerprint density at radius 1 is 1.00 bits per heavy atom. The third-order valence-electron chi connectivity index (χ3n) is 7.26. The van der Waals surface area contributed by atoms with Gasteiger partial charge in [0.2, 0.25) is 5.82 Å².